The average Bonchev–Trinajstić information content (AvgIpc) is 2.54. The number of sulfonamides is 1. The van der Waals surface area contributed by atoms with Gasteiger partial charge >= 0.3 is 0 Å². The number of nitrogens with one attached hydrogen (secondary N) is 1. The maximum Gasteiger partial charge on any atom is 0.241 e. The van der Waals surface area contributed by atoms with Crippen molar-refractivity contribution in [3.8, 4) is 0 Å². The van der Waals surface area contributed by atoms with E-state index in [1.807, 2.05) is 6.07 Å². The second kappa shape index (κ2) is 5.29. The van der Waals surface area contributed by atoms with Crippen LogP contribution in [0.1, 0.15) is 11.1 Å². The van der Waals surface area contributed by atoms with Gasteiger partial charge in [-0.05, 0) is 31.0 Å². The lowest BCUT2D eigenvalue weighted by atomic mass is 10.2. The van der Waals surface area contributed by atoms with Crippen molar-refractivity contribution in [1.29, 1.82) is 0 Å². The molecule has 1 heterocycles. The lowest BCUT2D eigenvalue weighted by molar-refractivity contribution is 0.563. The topological polar surface area (TPSA) is 80.3 Å². The highest BCUT2D eigenvalue weighted by Gasteiger charge is 2.39. The molecule has 1 aromatic carbocycles. The molecule has 0 aromatic heterocycles. The van der Waals surface area contributed by atoms with Crippen molar-refractivity contribution in [2.24, 2.45) is 0 Å². The fraction of sp³-hybridized carbons (Fsp3) is 0.500. The van der Waals surface area contributed by atoms with E-state index < -0.39 is 31.3 Å². The molecule has 0 radical (unpaired) electrons. The van der Waals surface area contributed by atoms with E-state index in [1.54, 1.807) is 26.0 Å². The summed E-state index contributed by atoms with van der Waals surface area (Å²) in [6.45, 7) is 3.49. The lowest BCUT2D eigenvalue weighted by Gasteiger charge is -2.16. The van der Waals surface area contributed by atoms with Crippen molar-refractivity contribution in [2.75, 3.05) is 11.5 Å². The van der Waals surface area contributed by atoms with E-state index in [2.05, 4.69) is 4.72 Å². The molecular formula is C12H16ClNO4S2. The van der Waals surface area contributed by atoms with Gasteiger partial charge in [-0.25, -0.2) is 21.6 Å². The lowest BCUT2D eigenvalue weighted by Crippen LogP contribution is -2.40. The first-order chi connectivity index (χ1) is 9.11. The van der Waals surface area contributed by atoms with E-state index in [4.69, 9.17) is 11.6 Å². The summed E-state index contributed by atoms with van der Waals surface area (Å²) in [6.07, 6.45) is 0. The van der Waals surface area contributed by atoms with Gasteiger partial charge in [-0.3, -0.25) is 0 Å². The van der Waals surface area contributed by atoms with Gasteiger partial charge < -0.3 is 0 Å². The molecule has 1 aromatic rings. The summed E-state index contributed by atoms with van der Waals surface area (Å²) in [7, 11) is -7.06. The molecule has 1 N–H and O–H groups in total. The first-order valence-electron chi connectivity index (χ1n) is 6.05. The summed E-state index contributed by atoms with van der Waals surface area (Å²) in [5.74, 6) is -0.459. The summed E-state index contributed by atoms with van der Waals surface area (Å²) in [6, 6.07) is 4.31. The molecule has 1 aliphatic heterocycles. The van der Waals surface area contributed by atoms with Crippen molar-refractivity contribution in [3.63, 3.8) is 0 Å². The maximum absolute atomic E-state index is 12.4. The van der Waals surface area contributed by atoms with E-state index >= 15 is 0 Å². The number of rotatable bonds is 3. The molecule has 1 aliphatic rings. The van der Waals surface area contributed by atoms with Crippen molar-refractivity contribution < 1.29 is 16.8 Å². The van der Waals surface area contributed by atoms with Crippen LogP contribution >= 0.6 is 11.6 Å². The molecule has 0 spiro atoms. The normalized spacial score (nSPS) is 25.8. The van der Waals surface area contributed by atoms with Gasteiger partial charge in [0.2, 0.25) is 10.0 Å². The van der Waals surface area contributed by atoms with E-state index in [1.165, 1.54) is 0 Å². The smallest absolute Gasteiger partial charge is 0.229 e. The van der Waals surface area contributed by atoms with Gasteiger partial charge in [0.25, 0.3) is 0 Å². The van der Waals surface area contributed by atoms with Crippen LogP contribution in [0.15, 0.2) is 23.1 Å². The van der Waals surface area contributed by atoms with Gasteiger partial charge in [-0.1, -0.05) is 12.1 Å². The highest BCUT2D eigenvalue weighted by atomic mass is 35.5. The second-order valence-electron chi connectivity index (χ2n) is 5.09. The number of aryl methyl sites for hydroxylation is 2. The Morgan fingerprint density at radius 3 is 2.45 bits per heavy atom. The van der Waals surface area contributed by atoms with Crippen LogP contribution in [0.2, 0.25) is 0 Å². The van der Waals surface area contributed by atoms with E-state index in [9.17, 15) is 16.8 Å². The van der Waals surface area contributed by atoms with Gasteiger partial charge in [0, 0.05) is 0 Å². The molecule has 2 rings (SSSR count). The summed E-state index contributed by atoms with van der Waals surface area (Å²) < 4.78 is 50.1. The highest BCUT2D eigenvalue weighted by molar-refractivity contribution is 7.92. The summed E-state index contributed by atoms with van der Waals surface area (Å²) in [5, 5.41) is -0.736. The third-order valence-corrected chi connectivity index (χ3v) is 7.23. The molecule has 1 fully saturated rings. The number of halogens is 1. The first-order valence-corrected chi connectivity index (χ1v) is 9.79. The molecule has 2 atom stereocenters. The fourth-order valence-corrected chi connectivity index (χ4v) is 6.51. The Morgan fingerprint density at radius 2 is 1.90 bits per heavy atom. The Balaban J connectivity index is 2.31. The van der Waals surface area contributed by atoms with E-state index in [0.717, 1.165) is 5.56 Å². The number of alkyl halides is 1. The molecule has 1 saturated heterocycles. The van der Waals surface area contributed by atoms with Crippen LogP contribution in [0.4, 0.5) is 0 Å². The van der Waals surface area contributed by atoms with Crippen LogP contribution in [-0.2, 0) is 19.9 Å². The predicted molar refractivity (Wildman–Crippen MR) is 78.3 cm³/mol. The molecule has 0 aliphatic carbocycles. The summed E-state index contributed by atoms with van der Waals surface area (Å²) in [4.78, 5) is 0.158. The van der Waals surface area contributed by atoms with Crippen LogP contribution in [0.25, 0.3) is 0 Å². The molecule has 0 saturated carbocycles. The van der Waals surface area contributed by atoms with Crippen LogP contribution < -0.4 is 4.72 Å². The number of hydrogen-bond acceptors (Lipinski definition) is 4. The van der Waals surface area contributed by atoms with E-state index in [-0.39, 0.29) is 16.4 Å². The Kier molecular flexibility index (Phi) is 4.17. The highest BCUT2D eigenvalue weighted by Crippen LogP contribution is 2.22. The van der Waals surface area contributed by atoms with Crippen LogP contribution in [0.5, 0.6) is 0 Å². The van der Waals surface area contributed by atoms with Gasteiger partial charge in [0.15, 0.2) is 9.84 Å². The van der Waals surface area contributed by atoms with Crippen molar-refractivity contribution in [1.82, 2.24) is 4.72 Å². The quantitative estimate of drug-likeness (QED) is 0.834. The standard InChI is InChI=1S/C12H16ClNO4S2/c1-8-3-4-9(2)12(5-8)20(17,18)14-11-7-19(15,16)6-10(11)13/h3-5,10-11,14H,6-7H2,1-2H3. The summed E-state index contributed by atoms with van der Waals surface area (Å²) >= 11 is 5.92. The van der Waals surface area contributed by atoms with Crippen LogP contribution in [0.3, 0.4) is 0 Å². The first kappa shape index (κ1) is 15.8. The van der Waals surface area contributed by atoms with Crippen LogP contribution in [-0.4, -0.2) is 39.8 Å². The molecule has 112 valence electrons. The molecule has 2 unspecified atom stereocenters. The van der Waals surface area contributed by atoms with Crippen molar-refractivity contribution >= 4 is 31.5 Å². The van der Waals surface area contributed by atoms with Gasteiger partial charge in [-0.15, -0.1) is 11.6 Å². The third kappa shape index (κ3) is 3.33. The van der Waals surface area contributed by atoms with Crippen molar-refractivity contribution in [2.45, 2.75) is 30.2 Å². The minimum absolute atomic E-state index is 0.158. The molecular weight excluding hydrogens is 322 g/mol. The van der Waals surface area contributed by atoms with Crippen LogP contribution in [0, 0.1) is 13.8 Å². The van der Waals surface area contributed by atoms with Gasteiger partial charge in [0.1, 0.15) is 0 Å². The zero-order chi connectivity index (χ0) is 15.1. The maximum atomic E-state index is 12.4. The number of hydrogen-bond donors (Lipinski definition) is 1. The monoisotopic (exact) mass is 337 g/mol. The predicted octanol–water partition coefficient (Wildman–Crippen LogP) is 0.986. The molecule has 8 heteroatoms. The summed E-state index contributed by atoms with van der Waals surface area (Å²) in [5.41, 5.74) is 1.42. The zero-order valence-corrected chi connectivity index (χ0v) is 13.5. The van der Waals surface area contributed by atoms with Gasteiger partial charge in [0.05, 0.1) is 27.8 Å². The fourth-order valence-electron chi connectivity index (χ4n) is 2.17. The molecule has 5 nitrogen and oxygen atoms in total. The number of sulfone groups is 1. The minimum Gasteiger partial charge on any atom is -0.229 e. The van der Waals surface area contributed by atoms with E-state index in [0.29, 0.717) is 5.56 Å². The zero-order valence-electron chi connectivity index (χ0n) is 11.1. The Hall–Kier alpha value is -0.630. The molecule has 0 bridgehead atoms. The average molecular weight is 338 g/mol. The number of benzene rings is 1. The van der Waals surface area contributed by atoms with Gasteiger partial charge in [-0.2, -0.15) is 0 Å². The molecule has 0 amide bonds. The third-order valence-electron chi connectivity index (χ3n) is 3.22. The minimum atomic E-state index is -3.78. The second-order valence-corrected chi connectivity index (χ2v) is 9.49. The Labute approximate surface area is 124 Å². The Morgan fingerprint density at radius 1 is 1.25 bits per heavy atom. The largest absolute Gasteiger partial charge is 0.241 e. The Bertz CT molecular complexity index is 728. The van der Waals surface area contributed by atoms with Crippen molar-refractivity contribution in [3.05, 3.63) is 29.3 Å². The SMILES string of the molecule is Cc1ccc(C)c(S(=O)(=O)NC2CS(=O)(=O)CC2Cl)c1. The molecule has 20 heavy (non-hydrogen) atoms.